The molecule has 0 unspecified atom stereocenters. The topological polar surface area (TPSA) is 80.0 Å². The Morgan fingerprint density at radius 2 is 1.76 bits per heavy atom. The molecule has 1 amide bonds. The molecule has 0 aliphatic heterocycles. The smallest absolute Gasteiger partial charge is 0.291 e. The SMILES string of the molecule is O=C(NCc1ccc(Cl)cc1)c1ncn(-c2cc(Cl)c(O)c(Cl)c2)n1. The van der Waals surface area contributed by atoms with E-state index in [1.807, 2.05) is 12.1 Å². The van der Waals surface area contributed by atoms with E-state index in [0.29, 0.717) is 17.3 Å². The number of hydrogen-bond acceptors (Lipinski definition) is 4. The van der Waals surface area contributed by atoms with Gasteiger partial charge in [0.05, 0.1) is 15.7 Å². The first kappa shape index (κ1) is 17.5. The number of hydrogen-bond donors (Lipinski definition) is 2. The average molecular weight is 398 g/mol. The second-order valence-corrected chi connectivity index (χ2v) is 6.33. The summed E-state index contributed by atoms with van der Waals surface area (Å²) in [5.74, 6) is -0.646. The molecule has 0 aliphatic rings. The van der Waals surface area contributed by atoms with E-state index in [-0.39, 0.29) is 21.6 Å². The Labute approximate surface area is 158 Å². The summed E-state index contributed by atoms with van der Waals surface area (Å²) in [7, 11) is 0. The van der Waals surface area contributed by atoms with Gasteiger partial charge in [-0.15, -0.1) is 5.10 Å². The first-order chi connectivity index (χ1) is 11.9. The minimum Gasteiger partial charge on any atom is -0.505 e. The van der Waals surface area contributed by atoms with E-state index in [9.17, 15) is 9.90 Å². The number of aromatic nitrogens is 3. The molecule has 0 bridgehead atoms. The monoisotopic (exact) mass is 396 g/mol. The average Bonchev–Trinajstić information content (AvgIpc) is 3.08. The summed E-state index contributed by atoms with van der Waals surface area (Å²) in [6, 6.07) is 10.0. The molecule has 1 heterocycles. The molecule has 9 heteroatoms. The molecule has 2 N–H and O–H groups in total. The molecule has 0 spiro atoms. The zero-order chi connectivity index (χ0) is 18.0. The summed E-state index contributed by atoms with van der Waals surface area (Å²) in [5, 5.41) is 17.2. The lowest BCUT2D eigenvalue weighted by Crippen LogP contribution is -2.24. The highest BCUT2D eigenvalue weighted by Gasteiger charge is 2.14. The number of aromatic hydroxyl groups is 1. The molecule has 0 saturated carbocycles. The molecular formula is C16H11Cl3N4O2. The maximum Gasteiger partial charge on any atom is 0.291 e. The third-order valence-electron chi connectivity index (χ3n) is 3.33. The van der Waals surface area contributed by atoms with E-state index in [2.05, 4.69) is 15.4 Å². The van der Waals surface area contributed by atoms with Crippen molar-refractivity contribution >= 4 is 40.7 Å². The summed E-state index contributed by atoms with van der Waals surface area (Å²) in [6.07, 6.45) is 1.36. The van der Waals surface area contributed by atoms with Crippen LogP contribution in [-0.2, 0) is 6.54 Å². The predicted octanol–water partition coefficient (Wildman–Crippen LogP) is 3.86. The van der Waals surface area contributed by atoms with Crippen LogP contribution in [0.2, 0.25) is 15.1 Å². The summed E-state index contributed by atoms with van der Waals surface area (Å²) in [6.45, 7) is 0.321. The van der Waals surface area contributed by atoms with Crippen LogP contribution in [0.3, 0.4) is 0 Å². The normalized spacial score (nSPS) is 10.7. The molecule has 0 fully saturated rings. The second-order valence-electron chi connectivity index (χ2n) is 5.08. The van der Waals surface area contributed by atoms with Crippen molar-refractivity contribution in [2.75, 3.05) is 0 Å². The minimum atomic E-state index is -0.426. The largest absolute Gasteiger partial charge is 0.505 e. The number of benzene rings is 2. The fourth-order valence-corrected chi connectivity index (χ4v) is 2.64. The highest BCUT2D eigenvalue weighted by molar-refractivity contribution is 6.37. The fraction of sp³-hybridized carbons (Fsp3) is 0.0625. The van der Waals surface area contributed by atoms with Gasteiger partial charge in [-0.1, -0.05) is 46.9 Å². The van der Waals surface area contributed by atoms with Gasteiger partial charge in [0.1, 0.15) is 6.33 Å². The van der Waals surface area contributed by atoms with Gasteiger partial charge < -0.3 is 10.4 Å². The molecule has 3 rings (SSSR count). The molecule has 6 nitrogen and oxygen atoms in total. The molecule has 128 valence electrons. The van der Waals surface area contributed by atoms with Crippen molar-refractivity contribution in [1.29, 1.82) is 0 Å². The van der Waals surface area contributed by atoms with Crippen molar-refractivity contribution in [3.8, 4) is 11.4 Å². The molecule has 2 aromatic carbocycles. The zero-order valence-corrected chi connectivity index (χ0v) is 14.8. The van der Waals surface area contributed by atoms with Crippen molar-refractivity contribution in [2.24, 2.45) is 0 Å². The Kier molecular flexibility index (Phi) is 5.13. The Morgan fingerprint density at radius 3 is 2.40 bits per heavy atom. The van der Waals surface area contributed by atoms with E-state index in [1.54, 1.807) is 12.1 Å². The van der Waals surface area contributed by atoms with Crippen molar-refractivity contribution in [3.05, 3.63) is 69.2 Å². The number of rotatable bonds is 4. The van der Waals surface area contributed by atoms with Crippen LogP contribution < -0.4 is 5.32 Å². The quantitative estimate of drug-likeness (QED) is 0.700. The number of nitrogens with zero attached hydrogens (tertiary/aromatic N) is 3. The van der Waals surface area contributed by atoms with Gasteiger partial charge in [-0.25, -0.2) is 9.67 Å². The molecule has 0 saturated heterocycles. The molecule has 1 aromatic heterocycles. The molecule has 3 aromatic rings. The van der Waals surface area contributed by atoms with Crippen LogP contribution in [0.4, 0.5) is 0 Å². The number of carbonyl (C=O) groups is 1. The van der Waals surface area contributed by atoms with Gasteiger partial charge in [0, 0.05) is 11.6 Å². The lowest BCUT2D eigenvalue weighted by atomic mass is 10.2. The molecule has 25 heavy (non-hydrogen) atoms. The lowest BCUT2D eigenvalue weighted by molar-refractivity contribution is 0.0940. The molecule has 0 atom stereocenters. The van der Waals surface area contributed by atoms with Gasteiger partial charge in [-0.3, -0.25) is 4.79 Å². The van der Waals surface area contributed by atoms with Crippen LogP contribution in [0.15, 0.2) is 42.7 Å². The van der Waals surface area contributed by atoms with E-state index in [0.717, 1.165) is 5.56 Å². The summed E-state index contributed by atoms with van der Waals surface area (Å²) >= 11 is 17.6. The number of phenols is 1. The highest BCUT2D eigenvalue weighted by atomic mass is 35.5. The van der Waals surface area contributed by atoms with Crippen LogP contribution in [0, 0.1) is 0 Å². The predicted molar refractivity (Wildman–Crippen MR) is 95.7 cm³/mol. The van der Waals surface area contributed by atoms with Crippen LogP contribution >= 0.6 is 34.8 Å². The van der Waals surface area contributed by atoms with E-state index in [1.165, 1.54) is 23.1 Å². The summed E-state index contributed by atoms with van der Waals surface area (Å²) in [4.78, 5) is 16.1. The first-order valence-electron chi connectivity index (χ1n) is 7.07. The Bertz CT molecular complexity index is 902. The lowest BCUT2D eigenvalue weighted by Gasteiger charge is -2.05. The van der Waals surface area contributed by atoms with E-state index < -0.39 is 5.91 Å². The Morgan fingerprint density at radius 1 is 1.12 bits per heavy atom. The van der Waals surface area contributed by atoms with Crippen molar-refractivity contribution in [2.45, 2.75) is 6.54 Å². The number of nitrogens with one attached hydrogen (secondary N) is 1. The van der Waals surface area contributed by atoms with E-state index in [4.69, 9.17) is 34.8 Å². The Hall–Kier alpha value is -2.28. The first-order valence-corrected chi connectivity index (χ1v) is 8.20. The van der Waals surface area contributed by atoms with Gasteiger partial charge in [-0.2, -0.15) is 0 Å². The van der Waals surface area contributed by atoms with Crippen LogP contribution in [0.5, 0.6) is 5.75 Å². The van der Waals surface area contributed by atoms with Crippen LogP contribution in [0.1, 0.15) is 16.2 Å². The number of amides is 1. The van der Waals surface area contributed by atoms with Gasteiger partial charge >= 0.3 is 0 Å². The van der Waals surface area contributed by atoms with Gasteiger partial charge in [0.2, 0.25) is 5.82 Å². The maximum absolute atomic E-state index is 12.1. The van der Waals surface area contributed by atoms with Gasteiger partial charge in [0.25, 0.3) is 5.91 Å². The van der Waals surface area contributed by atoms with E-state index >= 15 is 0 Å². The third kappa shape index (κ3) is 4.04. The summed E-state index contributed by atoms with van der Waals surface area (Å²) < 4.78 is 1.34. The third-order valence-corrected chi connectivity index (χ3v) is 4.16. The Balaban J connectivity index is 1.72. The summed E-state index contributed by atoms with van der Waals surface area (Å²) in [5.41, 5.74) is 1.37. The van der Waals surface area contributed by atoms with Crippen LogP contribution in [-0.4, -0.2) is 25.8 Å². The van der Waals surface area contributed by atoms with Crippen molar-refractivity contribution in [1.82, 2.24) is 20.1 Å². The van der Waals surface area contributed by atoms with Crippen LogP contribution in [0.25, 0.3) is 5.69 Å². The molecular weight excluding hydrogens is 387 g/mol. The fourth-order valence-electron chi connectivity index (χ4n) is 2.04. The number of phenolic OH excluding ortho intramolecular Hbond substituents is 1. The van der Waals surface area contributed by atoms with Crippen molar-refractivity contribution in [3.63, 3.8) is 0 Å². The second kappa shape index (κ2) is 7.31. The number of halogens is 3. The zero-order valence-electron chi connectivity index (χ0n) is 12.6. The van der Waals surface area contributed by atoms with Gasteiger partial charge in [-0.05, 0) is 29.8 Å². The molecule has 0 aliphatic carbocycles. The van der Waals surface area contributed by atoms with Gasteiger partial charge in [0.15, 0.2) is 5.75 Å². The number of carbonyl (C=O) groups excluding carboxylic acids is 1. The highest BCUT2D eigenvalue weighted by Crippen LogP contribution is 2.33. The maximum atomic E-state index is 12.1. The minimum absolute atomic E-state index is 0.00529. The van der Waals surface area contributed by atoms with Crippen molar-refractivity contribution < 1.29 is 9.90 Å². The standard InChI is InChI=1S/C16H11Cl3N4O2/c17-10-3-1-9(2-4-10)7-20-16(25)15-21-8-23(22-15)11-5-12(18)14(24)13(19)6-11/h1-6,8,24H,7H2,(H,20,25). The molecule has 0 radical (unpaired) electrons.